The zero-order valence-corrected chi connectivity index (χ0v) is 13.6. The number of halogens is 5. The Kier molecular flexibility index (Phi) is 4.44. The fourth-order valence-corrected chi connectivity index (χ4v) is 3.20. The molecule has 1 amide bonds. The number of benzene rings is 1. The molecule has 0 saturated carbocycles. The lowest BCUT2D eigenvalue weighted by molar-refractivity contribution is -0.167. The molecule has 3 rings (SSSR count). The average Bonchev–Trinajstić information content (AvgIpc) is 2.87. The Bertz CT molecular complexity index is 771. The third-order valence-corrected chi connectivity index (χ3v) is 4.06. The molecule has 1 aliphatic rings. The number of nitrogens with zero attached hydrogens (tertiary/aromatic N) is 3. The van der Waals surface area contributed by atoms with Crippen LogP contribution in [0.3, 0.4) is 0 Å². The van der Waals surface area contributed by atoms with Gasteiger partial charge < -0.3 is 0 Å². The van der Waals surface area contributed by atoms with Crippen LogP contribution in [0.5, 0.6) is 0 Å². The minimum absolute atomic E-state index is 0.256. The number of carbonyl (C=O) groups is 1. The van der Waals surface area contributed by atoms with Crippen molar-refractivity contribution in [3.05, 3.63) is 39.6 Å². The van der Waals surface area contributed by atoms with E-state index in [2.05, 4.69) is 10.1 Å². The third-order valence-electron chi connectivity index (χ3n) is 3.63. The maximum atomic E-state index is 12.3. The number of fused-ring (bicyclic) bond motifs is 1. The number of anilines is 1. The molecule has 1 aliphatic heterocycles. The number of hydrogen-bond acceptors (Lipinski definition) is 3. The van der Waals surface area contributed by atoms with Crippen molar-refractivity contribution in [1.29, 1.82) is 0 Å². The standard InChI is InChI=1S/C14H11Cl2F3N4O/c15-8-4-7(5-9(16)6-8)10-2-1-3-11-20-13(22-23(10)11)21-12(24)14(17,18)19/h4-6,10H,1-3H2,(H,21,22,24). The summed E-state index contributed by atoms with van der Waals surface area (Å²) in [5.74, 6) is -1.97. The molecule has 0 aliphatic carbocycles. The molecule has 0 spiro atoms. The molecular weight excluding hydrogens is 368 g/mol. The fraction of sp³-hybridized carbons (Fsp3) is 0.357. The lowest BCUT2D eigenvalue weighted by atomic mass is 9.98. The van der Waals surface area contributed by atoms with E-state index >= 15 is 0 Å². The highest BCUT2D eigenvalue weighted by molar-refractivity contribution is 6.34. The molecule has 1 unspecified atom stereocenters. The van der Waals surface area contributed by atoms with E-state index in [1.807, 2.05) is 0 Å². The van der Waals surface area contributed by atoms with Crippen LogP contribution in [-0.2, 0) is 11.2 Å². The Morgan fingerprint density at radius 1 is 1.25 bits per heavy atom. The Morgan fingerprint density at radius 3 is 2.54 bits per heavy atom. The normalized spacial score (nSPS) is 17.5. The summed E-state index contributed by atoms with van der Waals surface area (Å²) < 4.78 is 38.5. The molecule has 1 aromatic heterocycles. The number of rotatable bonds is 2. The van der Waals surface area contributed by atoms with Gasteiger partial charge in [0.25, 0.3) is 0 Å². The van der Waals surface area contributed by atoms with E-state index in [1.54, 1.807) is 23.5 Å². The highest BCUT2D eigenvalue weighted by Gasteiger charge is 2.39. The number of amides is 1. The SMILES string of the molecule is O=C(Nc1nc2n(n1)C(c1cc(Cl)cc(Cl)c1)CCC2)C(F)(F)F. The van der Waals surface area contributed by atoms with Crippen molar-refractivity contribution in [3.8, 4) is 0 Å². The van der Waals surface area contributed by atoms with Gasteiger partial charge in [0, 0.05) is 16.5 Å². The largest absolute Gasteiger partial charge is 0.471 e. The second-order valence-electron chi connectivity index (χ2n) is 5.36. The number of aryl methyl sites for hydroxylation is 1. The van der Waals surface area contributed by atoms with E-state index in [9.17, 15) is 18.0 Å². The second-order valence-corrected chi connectivity index (χ2v) is 6.23. The Balaban J connectivity index is 1.92. The summed E-state index contributed by atoms with van der Waals surface area (Å²) in [6.07, 6.45) is -2.95. The molecule has 0 saturated heterocycles. The number of aromatic nitrogens is 3. The van der Waals surface area contributed by atoms with Gasteiger partial charge in [0.15, 0.2) is 0 Å². The third kappa shape index (κ3) is 3.49. The molecule has 128 valence electrons. The lowest BCUT2D eigenvalue weighted by Gasteiger charge is -2.24. The smallest absolute Gasteiger partial charge is 0.285 e. The number of nitrogens with one attached hydrogen (secondary N) is 1. The van der Waals surface area contributed by atoms with E-state index in [-0.39, 0.29) is 12.0 Å². The van der Waals surface area contributed by atoms with Gasteiger partial charge in [-0.3, -0.25) is 10.1 Å². The molecule has 24 heavy (non-hydrogen) atoms. The topological polar surface area (TPSA) is 59.8 Å². The summed E-state index contributed by atoms with van der Waals surface area (Å²) in [5, 5.41) is 6.59. The van der Waals surface area contributed by atoms with Gasteiger partial charge in [-0.05, 0) is 36.6 Å². The van der Waals surface area contributed by atoms with Crippen LogP contribution in [0.4, 0.5) is 19.1 Å². The number of hydrogen-bond donors (Lipinski definition) is 1. The number of alkyl halides is 3. The van der Waals surface area contributed by atoms with E-state index in [0.717, 1.165) is 12.0 Å². The van der Waals surface area contributed by atoms with Crippen molar-refractivity contribution < 1.29 is 18.0 Å². The number of carbonyl (C=O) groups excluding carboxylic acids is 1. The average molecular weight is 379 g/mol. The lowest BCUT2D eigenvalue weighted by Crippen LogP contribution is -2.30. The fourth-order valence-electron chi connectivity index (χ4n) is 2.65. The molecule has 1 atom stereocenters. The molecule has 1 aromatic carbocycles. The van der Waals surface area contributed by atoms with Crippen molar-refractivity contribution in [3.63, 3.8) is 0 Å². The summed E-state index contributed by atoms with van der Waals surface area (Å²) in [4.78, 5) is 15.0. The first-order valence-corrected chi connectivity index (χ1v) is 7.79. The molecule has 10 heteroatoms. The summed E-state index contributed by atoms with van der Waals surface area (Å²) in [7, 11) is 0. The van der Waals surface area contributed by atoms with E-state index in [1.165, 1.54) is 4.68 Å². The van der Waals surface area contributed by atoms with Gasteiger partial charge in [-0.25, -0.2) is 4.68 Å². The quantitative estimate of drug-likeness (QED) is 0.858. The minimum atomic E-state index is -4.99. The van der Waals surface area contributed by atoms with Crippen LogP contribution < -0.4 is 5.32 Å². The first-order valence-electron chi connectivity index (χ1n) is 7.03. The predicted molar refractivity (Wildman–Crippen MR) is 82.2 cm³/mol. The summed E-state index contributed by atoms with van der Waals surface area (Å²) >= 11 is 12.0. The molecule has 5 nitrogen and oxygen atoms in total. The molecule has 1 N–H and O–H groups in total. The van der Waals surface area contributed by atoms with E-state index in [0.29, 0.717) is 28.7 Å². The maximum Gasteiger partial charge on any atom is 0.471 e. The monoisotopic (exact) mass is 378 g/mol. The second kappa shape index (κ2) is 6.25. The molecule has 2 aromatic rings. The Labute approximate surface area is 144 Å². The van der Waals surface area contributed by atoms with Crippen LogP contribution in [0, 0.1) is 0 Å². The van der Waals surface area contributed by atoms with Crippen molar-refractivity contribution >= 4 is 35.1 Å². The van der Waals surface area contributed by atoms with Crippen molar-refractivity contribution in [2.75, 3.05) is 5.32 Å². The summed E-state index contributed by atoms with van der Waals surface area (Å²) in [6.45, 7) is 0. The molecule has 0 fully saturated rings. The molecule has 0 bridgehead atoms. The highest BCUT2D eigenvalue weighted by atomic mass is 35.5. The van der Waals surface area contributed by atoms with Gasteiger partial charge in [-0.15, -0.1) is 5.10 Å². The van der Waals surface area contributed by atoms with Gasteiger partial charge >= 0.3 is 12.1 Å². The van der Waals surface area contributed by atoms with Crippen LogP contribution in [0.25, 0.3) is 0 Å². The van der Waals surface area contributed by atoms with Gasteiger partial charge in [-0.2, -0.15) is 18.2 Å². The van der Waals surface area contributed by atoms with Crippen LogP contribution in [0.1, 0.15) is 30.3 Å². The van der Waals surface area contributed by atoms with E-state index in [4.69, 9.17) is 23.2 Å². The van der Waals surface area contributed by atoms with Gasteiger partial charge in [0.2, 0.25) is 5.95 Å². The van der Waals surface area contributed by atoms with Crippen LogP contribution in [0.2, 0.25) is 10.0 Å². The first kappa shape index (κ1) is 17.0. The van der Waals surface area contributed by atoms with Crippen molar-refractivity contribution in [1.82, 2.24) is 14.8 Å². The molecular formula is C14H11Cl2F3N4O. The Hall–Kier alpha value is -1.80. The first-order chi connectivity index (χ1) is 11.2. The van der Waals surface area contributed by atoms with E-state index < -0.39 is 12.1 Å². The minimum Gasteiger partial charge on any atom is -0.285 e. The summed E-state index contributed by atoms with van der Waals surface area (Å²) in [6, 6.07) is 4.78. The van der Waals surface area contributed by atoms with Gasteiger partial charge in [0.1, 0.15) is 5.82 Å². The van der Waals surface area contributed by atoms with Gasteiger partial charge in [-0.1, -0.05) is 23.2 Å². The van der Waals surface area contributed by atoms with Crippen molar-refractivity contribution in [2.24, 2.45) is 0 Å². The predicted octanol–water partition coefficient (Wildman–Crippen LogP) is 4.01. The molecule has 0 radical (unpaired) electrons. The van der Waals surface area contributed by atoms with Crippen LogP contribution in [0.15, 0.2) is 18.2 Å². The maximum absolute atomic E-state index is 12.3. The zero-order chi connectivity index (χ0) is 17.5. The van der Waals surface area contributed by atoms with Crippen molar-refractivity contribution in [2.45, 2.75) is 31.5 Å². The zero-order valence-electron chi connectivity index (χ0n) is 12.1. The van der Waals surface area contributed by atoms with Crippen LogP contribution in [-0.4, -0.2) is 26.8 Å². The highest BCUT2D eigenvalue weighted by Crippen LogP contribution is 2.33. The Morgan fingerprint density at radius 2 is 1.92 bits per heavy atom. The molecule has 2 heterocycles. The summed E-state index contributed by atoms with van der Waals surface area (Å²) in [5.41, 5.74) is 0.784. The van der Waals surface area contributed by atoms with Crippen LogP contribution >= 0.6 is 23.2 Å². The van der Waals surface area contributed by atoms with Gasteiger partial charge in [0.05, 0.1) is 6.04 Å².